The third kappa shape index (κ3) is 4.26. The number of thiazole rings is 1. The molecule has 0 radical (unpaired) electrons. The molecule has 1 aliphatic heterocycles. The van der Waals surface area contributed by atoms with Crippen LogP contribution in [0.4, 0.5) is 5.69 Å². The summed E-state index contributed by atoms with van der Waals surface area (Å²) in [7, 11) is 0. The summed E-state index contributed by atoms with van der Waals surface area (Å²) in [5.41, 5.74) is 0.573. The van der Waals surface area contributed by atoms with Gasteiger partial charge in [0.05, 0.1) is 21.7 Å². The summed E-state index contributed by atoms with van der Waals surface area (Å²) in [5, 5.41) is 11.2. The van der Waals surface area contributed by atoms with Crippen LogP contribution in [0.1, 0.15) is 17.3 Å². The van der Waals surface area contributed by atoms with Gasteiger partial charge < -0.3 is 18.8 Å². The molecule has 0 spiro atoms. The number of hydrogen-bond donors (Lipinski definition) is 0. The predicted octanol–water partition coefficient (Wildman–Crippen LogP) is 2.69. The molecule has 160 valence electrons. The van der Waals surface area contributed by atoms with Crippen LogP contribution in [-0.2, 0) is 16.1 Å². The second-order valence-corrected chi connectivity index (χ2v) is 7.47. The summed E-state index contributed by atoms with van der Waals surface area (Å²) in [6.07, 6.45) is 0. The van der Waals surface area contributed by atoms with E-state index in [0.717, 1.165) is 11.3 Å². The largest absolute Gasteiger partial charge is 0.486 e. The van der Waals surface area contributed by atoms with Crippen molar-refractivity contribution >= 4 is 39.1 Å². The van der Waals surface area contributed by atoms with Crippen LogP contribution >= 0.6 is 11.3 Å². The van der Waals surface area contributed by atoms with Crippen molar-refractivity contribution in [1.82, 2.24) is 4.57 Å². The molecule has 0 saturated carbocycles. The van der Waals surface area contributed by atoms with E-state index in [0.29, 0.717) is 34.9 Å². The highest BCUT2D eigenvalue weighted by Crippen LogP contribution is 2.31. The predicted molar refractivity (Wildman–Crippen MR) is 110 cm³/mol. The lowest BCUT2D eigenvalue weighted by atomic mass is 10.2. The quantitative estimate of drug-likeness (QED) is 0.337. The van der Waals surface area contributed by atoms with Crippen LogP contribution in [0.25, 0.3) is 10.2 Å². The minimum Gasteiger partial charge on any atom is -0.486 e. The lowest BCUT2D eigenvalue weighted by molar-refractivity contribution is -0.384. The van der Waals surface area contributed by atoms with Gasteiger partial charge in [-0.2, -0.15) is 4.99 Å². The number of amides is 1. The van der Waals surface area contributed by atoms with Crippen molar-refractivity contribution < 1.29 is 28.7 Å². The maximum absolute atomic E-state index is 12.8. The minimum absolute atomic E-state index is 0.132. The van der Waals surface area contributed by atoms with Crippen molar-refractivity contribution in [3.63, 3.8) is 0 Å². The van der Waals surface area contributed by atoms with Crippen LogP contribution in [-0.4, -0.2) is 41.2 Å². The first-order valence-electron chi connectivity index (χ1n) is 9.38. The van der Waals surface area contributed by atoms with Crippen molar-refractivity contribution in [1.29, 1.82) is 0 Å². The number of nitro groups is 1. The molecule has 0 aliphatic carbocycles. The van der Waals surface area contributed by atoms with Crippen molar-refractivity contribution in [3.8, 4) is 11.5 Å². The number of fused-ring (bicyclic) bond motifs is 2. The molecular formula is C20H17N3O7S. The van der Waals surface area contributed by atoms with E-state index < -0.39 is 16.8 Å². The number of carbonyl (C=O) groups excluding carboxylic acids is 2. The Morgan fingerprint density at radius 1 is 1.19 bits per heavy atom. The third-order valence-corrected chi connectivity index (χ3v) is 5.51. The van der Waals surface area contributed by atoms with Gasteiger partial charge in [-0.25, -0.2) is 0 Å². The smallest absolute Gasteiger partial charge is 0.326 e. The lowest BCUT2D eigenvalue weighted by Gasteiger charge is -2.18. The van der Waals surface area contributed by atoms with Crippen LogP contribution in [0.5, 0.6) is 11.5 Å². The Balaban J connectivity index is 1.79. The molecule has 0 saturated heterocycles. The first kappa shape index (κ1) is 20.5. The number of carbonyl (C=O) groups is 2. The summed E-state index contributed by atoms with van der Waals surface area (Å²) in [6, 6.07) is 9.03. The number of hydrogen-bond acceptors (Lipinski definition) is 8. The summed E-state index contributed by atoms with van der Waals surface area (Å²) >= 11 is 1.15. The maximum Gasteiger partial charge on any atom is 0.326 e. The van der Waals surface area contributed by atoms with Gasteiger partial charge in [0.15, 0.2) is 16.3 Å². The monoisotopic (exact) mass is 443 g/mol. The Hall–Kier alpha value is -3.73. The first-order chi connectivity index (χ1) is 15.0. The molecule has 2 aromatic carbocycles. The normalized spacial score (nSPS) is 13.3. The molecule has 3 aromatic rings. The van der Waals surface area contributed by atoms with Crippen LogP contribution < -0.4 is 14.3 Å². The maximum atomic E-state index is 12.8. The van der Waals surface area contributed by atoms with E-state index in [9.17, 15) is 19.7 Å². The second-order valence-electron chi connectivity index (χ2n) is 6.46. The molecule has 0 bridgehead atoms. The Morgan fingerprint density at radius 3 is 2.71 bits per heavy atom. The first-order valence-corrected chi connectivity index (χ1v) is 10.2. The summed E-state index contributed by atoms with van der Waals surface area (Å²) in [4.78, 5) is 40.0. The highest BCUT2D eigenvalue weighted by Gasteiger charge is 2.18. The molecule has 0 atom stereocenters. The van der Waals surface area contributed by atoms with Gasteiger partial charge in [0.1, 0.15) is 19.8 Å². The number of non-ortho nitro benzene ring substituents is 1. The number of aromatic nitrogens is 1. The molecule has 10 nitrogen and oxygen atoms in total. The van der Waals surface area contributed by atoms with Gasteiger partial charge in [-0.15, -0.1) is 0 Å². The zero-order valence-electron chi connectivity index (χ0n) is 16.4. The molecule has 1 aliphatic rings. The molecule has 1 aromatic heterocycles. The number of esters is 1. The number of benzene rings is 2. The zero-order valence-corrected chi connectivity index (χ0v) is 17.2. The Morgan fingerprint density at radius 2 is 1.97 bits per heavy atom. The van der Waals surface area contributed by atoms with E-state index >= 15 is 0 Å². The fourth-order valence-corrected chi connectivity index (χ4v) is 4.08. The summed E-state index contributed by atoms with van der Waals surface area (Å²) in [6.45, 7) is 2.45. The summed E-state index contributed by atoms with van der Waals surface area (Å²) < 4.78 is 18.1. The Labute approximate surface area is 179 Å². The highest BCUT2D eigenvalue weighted by atomic mass is 32.1. The minimum atomic E-state index is -0.546. The SMILES string of the molecule is CCOC(=O)Cn1c(=NC(=O)c2ccc3c(c2)OCCO3)sc2ccc([N+](=O)[O-])cc21. The molecule has 2 heterocycles. The van der Waals surface area contributed by atoms with Gasteiger partial charge in [0.2, 0.25) is 0 Å². The summed E-state index contributed by atoms with van der Waals surface area (Å²) in [5.74, 6) is -0.0782. The van der Waals surface area contributed by atoms with Crippen LogP contribution in [0.15, 0.2) is 41.4 Å². The number of rotatable bonds is 5. The number of nitro benzene ring substituents is 1. The van der Waals surface area contributed by atoms with E-state index in [1.807, 2.05) is 0 Å². The Bertz CT molecular complexity index is 1260. The topological polar surface area (TPSA) is 122 Å². The second kappa shape index (κ2) is 8.56. The van der Waals surface area contributed by atoms with Crippen LogP contribution in [0, 0.1) is 10.1 Å². The van der Waals surface area contributed by atoms with Crippen molar-refractivity contribution in [2.75, 3.05) is 19.8 Å². The van der Waals surface area contributed by atoms with Gasteiger partial charge in [-0.05, 0) is 31.2 Å². The average Bonchev–Trinajstić information content (AvgIpc) is 3.09. The molecule has 31 heavy (non-hydrogen) atoms. The number of nitrogens with zero attached hydrogens (tertiary/aromatic N) is 3. The van der Waals surface area contributed by atoms with Crippen LogP contribution in [0.2, 0.25) is 0 Å². The van der Waals surface area contributed by atoms with E-state index in [1.54, 1.807) is 31.2 Å². The molecule has 0 fully saturated rings. The molecule has 0 unspecified atom stereocenters. The van der Waals surface area contributed by atoms with Gasteiger partial charge >= 0.3 is 5.97 Å². The Kier molecular flexibility index (Phi) is 5.67. The molecule has 11 heteroatoms. The molecule has 1 amide bonds. The fraction of sp³-hybridized carbons (Fsp3) is 0.250. The van der Waals surface area contributed by atoms with Gasteiger partial charge in [0, 0.05) is 17.7 Å². The van der Waals surface area contributed by atoms with Crippen molar-refractivity contribution in [2.24, 2.45) is 4.99 Å². The molecular weight excluding hydrogens is 426 g/mol. The van der Waals surface area contributed by atoms with Crippen molar-refractivity contribution in [2.45, 2.75) is 13.5 Å². The van der Waals surface area contributed by atoms with Gasteiger partial charge in [-0.1, -0.05) is 11.3 Å². The zero-order chi connectivity index (χ0) is 22.0. The van der Waals surface area contributed by atoms with Crippen molar-refractivity contribution in [3.05, 3.63) is 56.9 Å². The fourth-order valence-electron chi connectivity index (χ4n) is 3.07. The average molecular weight is 443 g/mol. The van der Waals surface area contributed by atoms with Gasteiger partial charge in [0.25, 0.3) is 11.6 Å². The highest BCUT2D eigenvalue weighted by molar-refractivity contribution is 7.16. The third-order valence-electron chi connectivity index (χ3n) is 4.46. The molecule has 0 N–H and O–H groups in total. The van der Waals surface area contributed by atoms with E-state index in [1.165, 1.54) is 16.7 Å². The van der Waals surface area contributed by atoms with E-state index in [-0.39, 0.29) is 29.2 Å². The lowest BCUT2D eigenvalue weighted by Crippen LogP contribution is -2.23. The molecule has 4 rings (SSSR count). The van der Waals surface area contributed by atoms with Crippen LogP contribution in [0.3, 0.4) is 0 Å². The van der Waals surface area contributed by atoms with Gasteiger partial charge in [-0.3, -0.25) is 19.7 Å². The standard InChI is InChI=1S/C20H17N3O7S/c1-2-28-18(24)11-22-14-10-13(23(26)27)4-6-17(14)31-20(22)21-19(25)12-3-5-15-16(9-12)30-8-7-29-15/h3-6,9-10H,2,7-8,11H2,1H3. The van der Waals surface area contributed by atoms with E-state index in [2.05, 4.69) is 4.99 Å². The van der Waals surface area contributed by atoms with E-state index in [4.69, 9.17) is 14.2 Å². The number of ether oxygens (including phenoxy) is 3.